The van der Waals surface area contributed by atoms with Gasteiger partial charge in [0.15, 0.2) is 0 Å². The zero-order valence-electron chi connectivity index (χ0n) is 10.9. The zero-order chi connectivity index (χ0) is 12.6. The zero-order valence-corrected chi connectivity index (χ0v) is 10.9. The molecule has 0 atom stereocenters. The van der Waals surface area contributed by atoms with E-state index < -0.39 is 0 Å². The molecular weight excluding hydrogens is 224 g/mol. The van der Waals surface area contributed by atoms with Crippen molar-refractivity contribution in [3.8, 4) is 5.75 Å². The van der Waals surface area contributed by atoms with Gasteiger partial charge in [0.2, 0.25) is 0 Å². The van der Waals surface area contributed by atoms with Crippen molar-refractivity contribution in [2.45, 2.75) is 32.6 Å². The van der Waals surface area contributed by atoms with E-state index in [4.69, 9.17) is 9.15 Å². The highest BCUT2D eigenvalue weighted by molar-refractivity contribution is 5.35. The van der Waals surface area contributed by atoms with E-state index in [-0.39, 0.29) is 0 Å². The van der Waals surface area contributed by atoms with Gasteiger partial charge in [0.05, 0.1) is 12.9 Å². The lowest BCUT2D eigenvalue weighted by molar-refractivity contribution is 0.303. The molecule has 2 nitrogen and oxygen atoms in total. The standard InChI is InChI=1S/C16H20O2/c1-2-3-6-11-18-16-10-5-4-8-14(16)13-15-9-7-12-17-15/h4-5,7-10,12H,2-3,6,11,13H2,1H3. The molecule has 0 bridgehead atoms. The van der Waals surface area contributed by atoms with Gasteiger partial charge in [-0.05, 0) is 24.6 Å². The maximum atomic E-state index is 5.85. The molecule has 0 amide bonds. The number of ether oxygens (including phenoxy) is 1. The third kappa shape index (κ3) is 3.66. The van der Waals surface area contributed by atoms with Gasteiger partial charge in [0.1, 0.15) is 11.5 Å². The highest BCUT2D eigenvalue weighted by Gasteiger charge is 2.05. The second kappa shape index (κ2) is 6.90. The van der Waals surface area contributed by atoms with Gasteiger partial charge in [0, 0.05) is 12.0 Å². The molecule has 0 N–H and O–H groups in total. The summed E-state index contributed by atoms with van der Waals surface area (Å²) in [4.78, 5) is 0. The van der Waals surface area contributed by atoms with Crippen LogP contribution in [0.1, 0.15) is 37.5 Å². The second-order valence-corrected chi connectivity index (χ2v) is 4.42. The van der Waals surface area contributed by atoms with E-state index in [0.29, 0.717) is 0 Å². The Balaban J connectivity index is 1.97. The number of para-hydroxylation sites is 1. The van der Waals surface area contributed by atoms with Crippen molar-refractivity contribution in [3.63, 3.8) is 0 Å². The molecule has 0 unspecified atom stereocenters. The minimum atomic E-state index is 0.789. The lowest BCUT2D eigenvalue weighted by Crippen LogP contribution is -2.00. The molecule has 0 spiro atoms. The summed E-state index contributed by atoms with van der Waals surface area (Å²) < 4.78 is 11.2. The fourth-order valence-corrected chi connectivity index (χ4v) is 1.93. The van der Waals surface area contributed by atoms with Crippen molar-refractivity contribution in [2.24, 2.45) is 0 Å². The molecule has 0 aliphatic heterocycles. The predicted octanol–water partition coefficient (Wildman–Crippen LogP) is 4.44. The van der Waals surface area contributed by atoms with Crippen LogP contribution in [0.2, 0.25) is 0 Å². The molecule has 0 saturated carbocycles. The Morgan fingerprint density at radius 1 is 1.06 bits per heavy atom. The Morgan fingerprint density at radius 3 is 2.72 bits per heavy atom. The molecule has 0 saturated heterocycles. The van der Waals surface area contributed by atoms with Crippen molar-refractivity contribution in [1.82, 2.24) is 0 Å². The van der Waals surface area contributed by atoms with Crippen molar-refractivity contribution >= 4 is 0 Å². The molecule has 2 heteroatoms. The van der Waals surface area contributed by atoms with Crippen LogP contribution in [0.3, 0.4) is 0 Å². The molecule has 1 aromatic heterocycles. The normalized spacial score (nSPS) is 10.5. The van der Waals surface area contributed by atoms with Crippen LogP contribution in [0.4, 0.5) is 0 Å². The van der Waals surface area contributed by atoms with E-state index >= 15 is 0 Å². The van der Waals surface area contributed by atoms with Gasteiger partial charge in [0.25, 0.3) is 0 Å². The highest BCUT2D eigenvalue weighted by atomic mass is 16.5. The number of rotatable bonds is 7. The van der Waals surface area contributed by atoms with Gasteiger partial charge >= 0.3 is 0 Å². The third-order valence-corrected chi connectivity index (χ3v) is 2.92. The number of furan rings is 1. The first kappa shape index (κ1) is 12.7. The predicted molar refractivity (Wildman–Crippen MR) is 73.0 cm³/mol. The molecule has 0 aliphatic carbocycles. The summed E-state index contributed by atoms with van der Waals surface area (Å²) >= 11 is 0. The first-order chi connectivity index (χ1) is 8.90. The van der Waals surface area contributed by atoms with E-state index in [2.05, 4.69) is 13.0 Å². The average Bonchev–Trinajstić information content (AvgIpc) is 2.89. The Kier molecular flexibility index (Phi) is 4.88. The van der Waals surface area contributed by atoms with Crippen LogP contribution in [-0.2, 0) is 6.42 Å². The average molecular weight is 244 g/mol. The van der Waals surface area contributed by atoms with Gasteiger partial charge in [-0.15, -0.1) is 0 Å². The number of benzene rings is 1. The Bertz CT molecular complexity index is 446. The summed E-state index contributed by atoms with van der Waals surface area (Å²) in [6, 6.07) is 12.1. The smallest absolute Gasteiger partial charge is 0.122 e. The number of unbranched alkanes of at least 4 members (excludes halogenated alkanes) is 2. The highest BCUT2D eigenvalue weighted by Crippen LogP contribution is 2.21. The molecule has 0 radical (unpaired) electrons. The molecule has 0 aliphatic rings. The van der Waals surface area contributed by atoms with Gasteiger partial charge in [-0.2, -0.15) is 0 Å². The van der Waals surface area contributed by atoms with Crippen LogP contribution in [0, 0.1) is 0 Å². The molecule has 18 heavy (non-hydrogen) atoms. The van der Waals surface area contributed by atoms with E-state index in [0.717, 1.165) is 31.0 Å². The fourth-order valence-electron chi connectivity index (χ4n) is 1.93. The molecular formula is C16H20O2. The molecule has 1 heterocycles. The Hall–Kier alpha value is -1.70. The van der Waals surface area contributed by atoms with Crippen LogP contribution >= 0.6 is 0 Å². The quantitative estimate of drug-likeness (QED) is 0.672. The van der Waals surface area contributed by atoms with E-state index in [1.54, 1.807) is 6.26 Å². The summed E-state index contributed by atoms with van der Waals surface area (Å²) in [6.45, 7) is 2.99. The van der Waals surface area contributed by atoms with Gasteiger partial charge in [-0.25, -0.2) is 0 Å². The second-order valence-electron chi connectivity index (χ2n) is 4.42. The largest absolute Gasteiger partial charge is 0.493 e. The first-order valence-corrected chi connectivity index (χ1v) is 6.63. The topological polar surface area (TPSA) is 22.4 Å². The number of hydrogen-bond acceptors (Lipinski definition) is 2. The van der Waals surface area contributed by atoms with Crippen LogP contribution in [-0.4, -0.2) is 6.61 Å². The lowest BCUT2D eigenvalue weighted by atomic mass is 10.1. The summed E-state index contributed by atoms with van der Waals surface area (Å²) in [5, 5.41) is 0. The first-order valence-electron chi connectivity index (χ1n) is 6.63. The van der Waals surface area contributed by atoms with Crippen LogP contribution in [0.25, 0.3) is 0 Å². The van der Waals surface area contributed by atoms with Crippen LogP contribution in [0.15, 0.2) is 47.1 Å². The maximum Gasteiger partial charge on any atom is 0.122 e. The Morgan fingerprint density at radius 2 is 1.94 bits per heavy atom. The van der Waals surface area contributed by atoms with Crippen LogP contribution < -0.4 is 4.74 Å². The summed E-state index contributed by atoms with van der Waals surface area (Å²) in [7, 11) is 0. The van der Waals surface area contributed by atoms with Crippen molar-refractivity contribution in [3.05, 3.63) is 54.0 Å². The molecule has 0 fully saturated rings. The number of hydrogen-bond donors (Lipinski definition) is 0. The molecule has 1 aromatic carbocycles. The minimum absolute atomic E-state index is 0.789. The third-order valence-electron chi connectivity index (χ3n) is 2.92. The maximum absolute atomic E-state index is 5.85. The monoisotopic (exact) mass is 244 g/mol. The van der Waals surface area contributed by atoms with E-state index in [1.165, 1.54) is 18.4 Å². The summed E-state index contributed by atoms with van der Waals surface area (Å²) in [5.74, 6) is 1.95. The molecule has 2 rings (SSSR count). The SMILES string of the molecule is CCCCCOc1ccccc1Cc1ccco1. The van der Waals surface area contributed by atoms with Gasteiger partial charge < -0.3 is 9.15 Å². The van der Waals surface area contributed by atoms with Gasteiger partial charge in [-0.1, -0.05) is 38.0 Å². The Labute approximate surface area is 109 Å². The summed E-state index contributed by atoms with van der Waals surface area (Å²) in [5.41, 5.74) is 1.18. The molecule has 2 aromatic rings. The van der Waals surface area contributed by atoms with Crippen molar-refractivity contribution < 1.29 is 9.15 Å². The summed E-state index contributed by atoms with van der Waals surface area (Å²) in [6.07, 6.45) is 6.06. The fraction of sp³-hybridized carbons (Fsp3) is 0.375. The van der Waals surface area contributed by atoms with E-state index in [9.17, 15) is 0 Å². The van der Waals surface area contributed by atoms with Crippen molar-refractivity contribution in [2.75, 3.05) is 6.61 Å². The molecule has 96 valence electrons. The van der Waals surface area contributed by atoms with Crippen molar-refractivity contribution in [1.29, 1.82) is 0 Å². The van der Waals surface area contributed by atoms with E-state index in [1.807, 2.05) is 30.3 Å². The minimum Gasteiger partial charge on any atom is -0.493 e. The van der Waals surface area contributed by atoms with Gasteiger partial charge in [-0.3, -0.25) is 0 Å². The van der Waals surface area contributed by atoms with Crippen LogP contribution in [0.5, 0.6) is 5.75 Å². The lowest BCUT2D eigenvalue weighted by Gasteiger charge is -2.10.